The van der Waals surface area contributed by atoms with E-state index in [0.717, 1.165) is 56.4 Å². The molecule has 1 heterocycles. The fourth-order valence-electron chi connectivity index (χ4n) is 2.62. The lowest BCUT2D eigenvalue weighted by molar-refractivity contribution is 0.719. The molecule has 0 aliphatic heterocycles. The van der Waals surface area contributed by atoms with Crippen molar-refractivity contribution in [3.63, 3.8) is 0 Å². The lowest BCUT2D eigenvalue weighted by Crippen LogP contribution is -2.27. The Kier molecular flexibility index (Phi) is 6.85. The van der Waals surface area contributed by atoms with Crippen molar-refractivity contribution in [2.24, 2.45) is 0 Å². The molecule has 4 heteroatoms. The van der Waals surface area contributed by atoms with Gasteiger partial charge in [-0.2, -0.15) is 4.98 Å². The van der Waals surface area contributed by atoms with Crippen molar-refractivity contribution in [2.45, 2.75) is 40.0 Å². The zero-order valence-corrected chi connectivity index (χ0v) is 14.5. The van der Waals surface area contributed by atoms with E-state index in [2.05, 4.69) is 53.3 Å². The molecular weight excluding hydrogens is 284 g/mol. The number of hydrogen-bond donors (Lipinski definition) is 1. The van der Waals surface area contributed by atoms with E-state index >= 15 is 0 Å². The molecular formula is C19H28N4. The molecule has 0 aliphatic rings. The number of nitrogens with zero attached hydrogens (tertiary/aromatic N) is 3. The first-order valence-corrected chi connectivity index (χ1v) is 8.61. The second-order valence-corrected chi connectivity index (χ2v) is 5.84. The summed E-state index contributed by atoms with van der Waals surface area (Å²) in [6, 6.07) is 12.5. The van der Waals surface area contributed by atoms with E-state index in [1.54, 1.807) is 0 Å². The number of aromatic nitrogens is 2. The van der Waals surface area contributed by atoms with Crippen LogP contribution in [0.4, 0.5) is 11.8 Å². The van der Waals surface area contributed by atoms with Crippen LogP contribution in [0.2, 0.25) is 0 Å². The molecule has 2 rings (SSSR count). The monoisotopic (exact) mass is 312 g/mol. The van der Waals surface area contributed by atoms with Gasteiger partial charge in [-0.3, -0.25) is 0 Å². The number of hydrogen-bond acceptors (Lipinski definition) is 4. The van der Waals surface area contributed by atoms with Gasteiger partial charge in [0.05, 0.1) is 0 Å². The van der Waals surface area contributed by atoms with Gasteiger partial charge in [-0.15, -0.1) is 0 Å². The van der Waals surface area contributed by atoms with E-state index < -0.39 is 0 Å². The fourth-order valence-corrected chi connectivity index (χ4v) is 2.62. The van der Waals surface area contributed by atoms with Crippen molar-refractivity contribution in [2.75, 3.05) is 29.9 Å². The lowest BCUT2D eigenvalue weighted by Gasteiger charge is -2.22. The van der Waals surface area contributed by atoms with Gasteiger partial charge in [-0.1, -0.05) is 44.2 Å². The van der Waals surface area contributed by atoms with E-state index in [0.29, 0.717) is 0 Å². The Morgan fingerprint density at radius 2 is 1.70 bits per heavy atom. The van der Waals surface area contributed by atoms with Gasteiger partial charge in [0.25, 0.3) is 0 Å². The standard InChI is InChI=1S/C19H28N4/c1-4-13-23(14-5-2)19-21-16(3)15-18(22-19)20-12-11-17-9-7-6-8-10-17/h6-10,15H,4-5,11-14H2,1-3H3,(H,20,21,22). The maximum absolute atomic E-state index is 4.71. The Hall–Kier alpha value is -2.10. The zero-order valence-electron chi connectivity index (χ0n) is 14.5. The molecule has 1 aromatic heterocycles. The molecule has 0 atom stereocenters. The molecule has 0 saturated heterocycles. The Morgan fingerprint density at radius 3 is 2.35 bits per heavy atom. The highest BCUT2D eigenvalue weighted by Gasteiger charge is 2.10. The largest absolute Gasteiger partial charge is 0.370 e. The smallest absolute Gasteiger partial charge is 0.227 e. The Labute approximate surface area is 140 Å². The molecule has 0 spiro atoms. The summed E-state index contributed by atoms with van der Waals surface area (Å²) >= 11 is 0. The van der Waals surface area contributed by atoms with E-state index in [-0.39, 0.29) is 0 Å². The van der Waals surface area contributed by atoms with Crippen LogP contribution in [-0.2, 0) is 6.42 Å². The third-order valence-electron chi connectivity index (χ3n) is 3.67. The van der Waals surface area contributed by atoms with Crippen molar-refractivity contribution in [3.05, 3.63) is 47.7 Å². The highest BCUT2D eigenvalue weighted by molar-refractivity contribution is 5.43. The summed E-state index contributed by atoms with van der Waals surface area (Å²) in [5, 5.41) is 3.44. The van der Waals surface area contributed by atoms with Crippen LogP contribution >= 0.6 is 0 Å². The van der Waals surface area contributed by atoms with E-state index in [1.165, 1.54) is 5.56 Å². The molecule has 0 radical (unpaired) electrons. The summed E-state index contributed by atoms with van der Waals surface area (Å²) in [5.41, 5.74) is 2.35. The topological polar surface area (TPSA) is 41.1 Å². The molecule has 124 valence electrons. The van der Waals surface area contributed by atoms with Crippen molar-refractivity contribution in [1.82, 2.24) is 9.97 Å². The number of anilines is 2. The highest BCUT2D eigenvalue weighted by atomic mass is 15.3. The third kappa shape index (κ3) is 5.55. The van der Waals surface area contributed by atoms with Crippen LogP contribution in [0.25, 0.3) is 0 Å². The Balaban J connectivity index is 2.01. The molecule has 0 saturated carbocycles. The summed E-state index contributed by atoms with van der Waals surface area (Å²) in [6.07, 6.45) is 3.20. The number of rotatable bonds is 9. The SMILES string of the molecule is CCCN(CCC)c1nc(C)cc(NCCc2ccccc2)n1. The predicted molar refractivity (Wildman–Crippen MR) is 98.2 cm³/mol. The quantitative estimate of drug-likeness (QED) is 0.758. The third-order valence-corrected chi connectivity index (χ3v) is 3.67. The van der Waals surface area contributed by atoms with Crippen LogP contribution in [0.15, 0.2) is 36.4 Å². The van der Waals surface area contributed by atoms with E-state index in [1.807, 2.05) is 19.1 Å². The minimum absolute atomic E-state index is 0.843. The van der Waals surface area contributed by atoms with Gasteiger partial charge in [0.2, 0.25) is 5.95 Å². The number of aryl methyl sites for hydroxylation is 1. The van der Waals surface area contributed by atoms with Gasteiger partial charge < -0.3 is 10.2 Å². The minimum Gasteiger partial charge on any atom is -0.370 e. The van der Waals surface area contributed by atoms with Crippen LogP contribution in [-0.4, -0.2) is 29.6 Å². The highest BCUT2D eigenvalue weighted by Crippen LogP contribution is 2.15. The predicted octanol–water partition coefficient (Wildman–Crippen LogP) is 4.07. The summed E-state index contributed by atoms with van der Waals surface area (Å²) in [5.74, 6) is 1.76. The van der Waals surface area contributed by atoms with E-state index in [4.69, 9.17) is 4.98 Å². The molecule has 0 amide bonds. The molecule has 0 aliphatic carbocycles. The normalized spacial score (nSPS) is 10.6. The summed E-state index contributed by atoms with van der Waals surface area (Å²) in [4.78, 5) is 11.6. The van der Waals surface area contributed by atoms with Gasteiger partial charge in [0.1, 0.15) is 5.82 Å². The number of benzene rings is 1. The maximum Gasteiger partial charge on any atom is 0.227 e. The average Bonchev–Trinajstić information content (AvgIpc) is 2.55. The van der Waals surface area contributed by atoms with Crippen LogP contribution < -0.4 is 10.2 Å². The van der Waals surface area contributed by atoms with Gasteiger partial charge in [-0.05, 0) is 31.7 Å². The molecule has 4 nitrogen and oxygen atoms in total. The van der Waals surface area contributed by atoms with Gasteiger partial charge >= 0.3 is 0 Å². The minimum atomic E-state index is 0.843. The van der Waals surface area contributed by atoms with Crippen LogP contribution in [0.3, 0.4) is 0 Å². The maximum atomic E-state index is 4.71. The molecule has 1 aromatic carbocycles. The molecule has 1 N–H and O–H groups in total. The molecule has 0 unspecified atom stereocenters. The zero-order chi connectivity index (χ0) is 16.5. The van der Waals surface area contributed by atoms with E-state index in [9.17, 15) is 0 Å². The van der Waals surface area contributed by atoms with Gasteiger partial charge in [0, 0.05) is 31.4 Å². The van der Waals surface area contributed by atoms with Crippen LogP contribution in [0.5, 0.6) is 0 Å². The van der Waals surface area contributed by atoms with Gasteiger partial charge in [0.15, 0.2) is 0 Å². The average molecular weight is 312 g/mol. The summed E-state index contributed by atoms with van der Waals surface area (Å²) in [7, 11) is 0. The Bertz CT molecular complexity index is 577. The van der Waals surface area contributed by atoms with Gasteiger partial charge in [-0.25, -0.2) is 4.98 Å². The van der Waals surface area contributed by atoms with Crippen LogP contribution in [0, 0.1) is 6.92 Å². The first kappa shape index (κ1) is 17.3. The van der Waals surface area contributed by atoms with Crippen molar-refractivity contribution >= 4 is 11.8 Å². The Morgan fingerprint density at radius 1 is 1.00 bits per heavy atom. The first-order chi connectivity index (χ1) is 11.2. The summed E-state index contributed by atoms with van der Waals surface area (Å²) in [6.45, 7) is 9.29. The lowest BCUT2D eigenvalue weighted by atomic mass is 10.1. The van der Waals surface area contributed by atoms with Crippen molar-refractivity contribution < 1.29 is 0 Å². The molecule has 0 bridgehead atoms. The van der Waals surface area contributed by atoms with Crippen molar-refractivity contribution in [1.29, 1.82) is 0 Å². The number of nitrogens with one attached hydrogen (secondary N) is 1. The molecule has 23 heavy (non-hydrogen) atoms. The second-order valence-electron chi connectivity index (χ2n) is 5.84. The van der Waals surface area contributed by atoms with Crippen LogP contribution in [0.1, 0.15) is 37.9 Å². The summed E-state index contributed by atoms with van der Waals surface area (Å²) < 4.78 is 0. The fraction of sp³-hybridized carbons (Fsp3) is 0.474. The molecule has 0 fully saturated rings. The molecule has 2 aromatic rings. The second kappa shape index (κ2) is 9.13. The van der Waals surface area contributed by atoms with Crippen molar-refractivity contribution in [3.8, 4) is 0 Å². The first-order valence-electron chi connectivity index (χ1n) is 8.61.